The van der Waals surface area contributed by atoms with Crippen LogP contribution in [0.5, 0.6) is 5.75 Å². The molecule has 0 bridgehead atoms. The van der Waals surface area contributed by atoms with Gasteiger partial charge in [-0.2, -0.15) is 0 Å². The Morgan fingerprint density at radius 1 is 1.08 bits per heavy atom. The molecule has 5 heteroatoms. The molecule has 1 atom stereocenters. The minimum Gasteiger partial charge on any atom is -1.00 e. The molecule has 0 aromatic heterocycles. The number of rotatable bonds is 7. The standard InChI is InChI=1S/C21H25NO3.ClH/c1-2-25-19-10-8-18(9-11-19)21(23)20(17-6-4-3-5-7-17)16-22-12-14-24-15-13-22;/h3-11,20H,2,12-16H2,1H3;1H/p-1. The van der Waals surface area contributed by atoms with Crippen LogP contribution < -0.4 is 17.1 Å². The Labute approximate surface area is 161 Å². The fraction of sp³-hybridized carbons (Fsp3) is 0.381. The van der Waals surface area contributed by atoms with Crippen LogP contribution in [0.1, 0.15) is 28.8 Å². The highest BCUT2D eigenvalue weighted by Gasteiger charge is 2.25. The summed E-state index contributed by atoms with van der Waals surface area (Å²) in [5.41, 5.74) is 1.79. The zero-order valence-corrected chi connectivity index (χ0v) is 15.8. The second-order valence-corrected chi connectivity index (χ2v) is 6.20. The van der Waals surface area contributed by atoms with Gasteiger partial charge in [0.15, 0.2) is 5.78 Å². The monoisotopic (exact) mass is 374 g/mol. The molecular formula is C21H25ClNO3-. The van der Waals surface area contributed by atoms with E-state index in [0.29, 0.717) is 6.61 Å². The molecule has 26 heavy (non-hydrogen) atoms. The summed E-state index contributed by atoms with van der Waals surface area (Å²) in [5.74, 6) is 0.779. The highest BCUT2D eigenvalue weighted by molar-refractivity contribution is 6.01. The molecule has 140 valence electrons. The Morgan fingerprint density at radius 3 is 2.35 bits per heavy atom. The largest absolute Gasteiger partial charge is 1.00 e. The number of ketones is 1. The topological polar surface area (TPSA) is 38.8 Å². The maximum Gasteiger partial charge on any atom is 0.171 e. The van der Waals surface area contributed by atoms with Crippen molar-refractivity contribution in [1.29, 1.82) is 0 Å². The summed E-state index contributed by atoms with van der Waals surface area (Å²) in [6.07, 6.45) is 0. The molecule has 1 aliphatic rings. The van der Waals surface area contributed by atoms with E-state index in [2.05, 4.69) is 4.90 Å². The van der Waals surface area contributed by atoms with Crippen molar-refractivity contribution in [2.45, 2.75) is 12.8 Å². The first-order valence-electron chi connectivity index (χ1n) is 8.90. The number of nitrogens with zero attached hydrogens (tertiary/aromatic N) is 1. The molecule has 0 spiro atoms. The molecule has 0 N–H and O–H groups in total. The van der Waals surface area contributed by atoms with Crippen molar-refractivity contribution in [2.75, 3.05) is 39.5 Å². The van der Waals surface area contributed by atoms with Gasteiger partial charge in [-0.15, -0.1) is 0 Å². The van der Waals surface area contributed by atoms with Gasteiger partial charge in [-0.25, -0.2) is 0 Å². The van der Waals surface area contributed by atoms with Crippen molar-refractivity contribution in [1.82, 2.24) is 4.90 Å². The van der Waals surface area contributed by atoms with E-state index in [4.69, 9.17) is 9.47 Å². The Hall–Kier alpha value is -1.88. The van der Waals surface area contributed by atoms with E-state index in [0.717, 1.165) is 49.7 Å². The van der Waals surface area contributed by atoms with Crippen LogP contribution in [-0.2, 0) is 4.74 Å². The number of hydrogen-bond acceptors (Lipinski definition) is 4. The lowest BCUT2D eigenvalue weighted by Crippen LogP contribution is -3.00. The first-order chi connectivity index (χ1) is 12.3. The number of morpholine rings is 1. The molecule has 0 amide bonds. The summed E-state index contributed by atoms with van der Waals surface area (Å²) >= 11 is 0. The SMILES string of the molecule is CCOc1ccc(C(=O)C(CN2CCOCC2)c2ccccc2)cc1.[Cl-]. The molecule has 2 aromatic carbocycles. The molecule has 3 rings (SSSR count). The lowest BCUT2D eigenvalue weighted by molar-refractivity contribution is -0.0000141. The molecule has 0 aliphatic carbocycles. The molecule has 0 radical (unpaired) electrons. The second-order valence-electron chi connectivity index (χ2n) is 6.20. The molecule has 0 saturated carbocycles. The lowest BCUT2D eigenvalue weighted by atomic mass is 9.90. The maximum absolute atomic E-state index is 13.2. The first-order valence-corrected chi connectivity index (χ1v) is 8.90. The first kappa shape index (κ1) is 20.4. The van der Waals surface area contributed by atoms with Crippen LogP contribution in [0.15, 0.2) is 54.6 Å². The van der Waals surface area contributed by atoms with Gasteiger partial charge < -0.3 is 21.9 Å². The normalized spacial score (nSPS) is 15.7. The van der Waals surface area contributed by atoms with Crippen LogP contribution >= 0.6 is 0 Å². The van der Waals surface area contributed by atoms with Gasteiger partial charge in [0.25, 0.3) is 0 Å². The zero-order chi connectivity index (χ0) is 17.5. The summed E-state index contributed by atoms with van der Waals surface area (Å²) in [6, 6.07) is 17.5. The van der Waals surface area contributed by atoms with Gasteiger partial charge in [0.05, 0.1) is 25.7 Å². The van der Waals surface area contributed by atoms with Gasteiger partial charge in [0, 0.05) is 25.2 Å². The van der Waals surface area contributed by atoms with E-state index in [-0.39, 0.29) is 24.1 Å². The third kappa shape index (κ3) is 5.31. The average Bonchev–Trinajstić information content (AvgIpc) is 2.68. The lowest BCUT2D eigenvalue weighted by Gasteiger charge is -2.30. The van der Waals surface area contributed by atoms with E-state index in [1.807, 2.05) is 61.5 Å². The maximum atomic E-state index is 13.2. The van der Waals surface area contributed by atoms with Crippen molar-refractivity contribution in [2.24, 2.45) is 0 Å². The molecule has 1 fully saturated rings. The fourth-order valence-electron chi connectivity index (χ4n) is 3.15. The predicted molar refractivity (Wildman–Crippen MR) is 98.4 cm³/mol. The predicted octanol–water partition coefficient (Wildman–Crippen LogP) is 0.388. The van der Waals surface area contributed by atoms with Crippen molar-refractivity contribution in [3.63, 3.8) is 0 Å². The van der Waals surface area contributed by atoms with E-state index in [1.165, 1.54) is 0 Å². The summed E-state index contributed by atoms with van der Waals surface area (Å²) < 4.78 is 10.9. The van der Waals surface area contributed by atoms with Crippen LogP contribution in [0.2, 0.25) is 0 Å². The summed E-state index contributed by atoms with van der Waals surface area (Å²) in [7, 11) is 0. The van der Waals surface area contributed by atoms with Crippen LogP contribution in [0.25, 0.3) is 0 Å². The van der Waals surface area contributed by atoms with Crippen LogP contribution in [0.3, 0.4) is 0 Å². The number of hydrogen-bond donors (Lipinski definition) is 0. The molecule has 1 heterocycles. The Kier molecular flexibility index (Phi) is 8.10. The Balaban J connectivity index is 0.00000243. The molecule has 4 nitrogen and oxygen atoms in total. The summed E-state index contributed by atoms with van der Waals surface area (Å²) in [5, 5.41) is 0. The van der Waals surface area contributed by atoms with Gasteiger partial charge in [-0.1, -0.05) is 30.3 Å². The van der Waals surface area contributed by atoms with E-state index >= 15 is 0 Å². The number of carbonyl (C=O) groups is 1. The van der Waals surface area contributed by atoms with Gasteiger partial charge in [-0.3, -0.25) is 9.69 Å². The second kappa shape index (κ2) is 10.3. The highest BCUT2D eigenvalue weighted by atomic mass is 35.5. The zero-order valence-electron chi connectivity index (χ0n) is 15.1. The Bertz CT molecular complexity index is 669. The van der Waals surface area contributed by atoms with Crippen LogP contribution in [-0.4, -0.2) is 50.1 Å². The highest BCUT2D eigenvalue weighted by Crippen LogP contribution is 2.24. The number of benzene rings is 2. The molecule has 2 aromatic rings. The number of carbonyl (C=O) groups excluding carboxylic acids is 1. The molecule has 1 aliphatic heterocycles. The Morgan fingerprint density at radius 2 is 1.73 bits per heavy atom. The van der Waals surface area contributed by atoms with Gasteiger partial charge >= 0.3 is 0 Å². The summed E-state index contributed by atoms with van der Waals surface area (Å²) in [4.78, 5) is 15.5. The third-order valence-corrected chi connectivity index (χ3v) is 4.51. The van der Waals surface area contributed by atoms with Crippen molar-refractivity contribution >= 4 is 5.78 Å². The van der Waals surface area contributed by atoms with Gasteiger partial charge in [0.2, 0.25) is 0 Å². The molecule has 1 unspecified atom stereocenters. The minimum absolute atomic E-state index is 0. The van der Waals surface area contributed by atoms with E-state index in [9.17, 15) is 4.79 Å². The summed E-state index contributed by atoms with van der Waals surface area (Å²) in [6.45, 7) is 6.51. The minimum atomic E-state index is -0.169. The number of ether oxygens (including phenoxy) is 2. The smallest absolute Gasteiger partial charge is 0.171 e. The molecule has 1 saturated heterocycles. The average molecular weight is 375 g/mol. The molecular weight excluding hydrogens is 350 g/mol. The quantitative estimate of drug-likeness (QED) is 0.657. The van der Waals surface area contributed by atoms with Crippen molar-refractivity contribution < 1.29 is 26.7 Å². The number of Topliss-reactive ketones (excluding diaryl/α,β-unsaturated/α-hetero) is 1. The van der Waals surface area contributed by atoms with E-state index in [1.54, 1.807) is 0 Å². The van der Waals surface area contributed by atoms with Crippen molar-refractivity contribution in [3.05, 3.63) is 65.7 Å². The van der Waals surface area contributed by atoms with Gasteiger partial charge in [0.1, 0.15) is 5.75 Å². The van der Waals surface area contributed by atoms with Crippen LogP contribution in [0.4, 0.5) is 0 Å². The fourth-order valence-corrected chi connectivity index (χ4v) is 3.15. The van der Waals surface area contributed by atoms with Gasteiger partial charge in [-0.05, 0) is 36.8 Å². The van der Waals surface area contributed by atoms with Crippen LogP contribution in [0, 0.1) is 0 Å². The third-order valence-electron chi connectivity index (χ3n) is 4.51. The van der Waals surface area contributed by atoms with E-state index < -0.39 is 0 Å². The number of halogens is 1. The van der Waals surface area contributed by atoms with Crippen molar-refractivity contribution in [3.8, 4) is 5.75 Å².